The van der Waals surface area contributed by atoms with E-state index in [4.69, 9.17) is 9.15 Å². The van der Waals surface area contributed by atoms with Gasteiger partial charge in [0, 0.05) is 46.2 Å². The van der Waals surface area contributed by atoms with Crippen molar-refractivity contribution in [2.75, 3.05) is 20.2 Å². The summed E-state index contributed by atoms with van der Waals surface area (Å²) in [6.07, 6.45) is 5.37. The van der Waals surface area contributed by atoms with E-state index in [1.807, 2.05) is 30.0 Å². The molecule has 0 fully saturated rings. The first-order chi connectivity index (χ1) is 14.5. The van der Waals surface area contributed by atoms with Crippen LogP contribution < -0.4 is 4.74 Å². The molecule has 0 atom stereocenters. The highest BCUT2D eigenvalue weighted by Crippen LogP contribution is 2.38. The van der Waals surface area contributed by atoms with Gasteiger partial charge in [0.05, 0.1) is 13.4 Å². The van der Waals surface area contributed by atoms with Crippen molar-refractivity contribution in [2.24, 2.45) is 0 Å². The number of allylic oxidation sites excluding steroid dienone is 1. The number of furan rings is 1. The molecule has 3 rings (SSSR count). The van der Waals surface area contributed by atoms with Gasteiger partial charge in [0.1, 0.15) is 11.3 Å². The highest BCUT2D eigenvalue weighted by atomic mass is 79.9. The van der Waals surface area contributed by atoms with Gasteiger partial charge in [0.15, 0.2) is 0 Å². The van der Waals surface area contributed by atoms with E-state index in [2.05, 4.69) is 48.0 Å². The maximum absolute atomic E-state index is 12.8. The fourth-order valence-corrected chi connectivity index (χ4v) is 4.04. The van der Waals surface area contributed by atoms with Gasteiger partial charge in [0.25, 0.3) is 0 Å². The maximum Gasteiger partial charge on any atom is 0.246 e. The second kappa shape index (κ2) is 9.98. The minimum atomic E-state index is 0.0396. The van der Waals surface area contributed by atoms with Crippen LogP contribution in [0.3, 0.4) is 0 Å². The topological polar surface area (TPSA) is 42.7 Å². The lowest BCUT2D eigenvalue weighted by Crippen LogP contribution is -2.31. The van der Waals surface area contributed by atoms with Crippen molar-refractivity contribution >= 4 is 38.4 Å². The maximum atomic E-state index is 12.8. The van der Waals surface area contributed by atoms with Gasteiger partial charge in [-0.1, -0.05) is 41.9 Å². The van der Waals surface area contributed by atoms with Gasteiger partial charge in [-0.05, 0) is 49.1 Å². The third-order valence-electron chi connectivity index (χ3n) is 5.09. The van der Waals surface area contributed by atoms with Gasteiger partial charge in [-0.15, -0.1) is 0 Å². The van der Waals surface area contributed by atoms with E-state index < -0.39 is 0 Å². The first kappa shape index (κ1) is 22.2. The Kier molecular flexibility index (Phi) is 7.38. The van der Waals surface area contributed by atoms with Gasteiger partial charge < -0.3 is 14.1 Å². The van der Waals surface area contributed by atoms with Gasteiger partial charge in [-0.3, -0.25) is 4.79 Å². The number of carbonyl (C=O) groups excluding carboxylic acids is 1. The first-order valence-corrected chi connectivity index (χ1v) is 11.1. The summed E-state index contributed by atoms with van der Waals surface area (Å²) < 4.78 is 12.4. The van der Waals surface area contributed by atoms with E-state index in [1.54, 1.807) is 19.4 Å². The molecule has 0 aliphatic rings. The molecule has 0 N–H and O–H groups in total. The van der Waals surface area contributed by atoms with Crippen LogP contribution in [0.1, 0.15) is 39.2 Å². The Morgan fingerprint density at radius 2 is 1.90 bits per heavy atom. The third kappa shape index (κ3) is 4.78. The fourth-order valence-electron chi connectivity index (χ4n) is 3.64. The molecule has 0 unspecified atom stereocenters. The van der Waals surface area contributed by atoms with Gasteiger partial charge in [-0.2, -0.15) is 0 Å². The summed E-state index contributed by atoms with van der Waals surface area (Å²) in [5.41, 5.74) is 4.59. The lowest BCUT2D eigenvalue weighted by Gasteiger charge is -2.20. The molecule has 5 heteroatoms. The highest BCUT2D eigenvalue weighted by molar-refractivity contribution is 9.10. The predicted molar refractivity (Wildman–Crippen MR) is 127 cm³/mol. The summed E-state index contributed by atoms with van der Waals surface area (Å²) in [5.74, 6) is 0.731. The zero-order chi connectivity index (χ0) is 21.7. The van der Waals surface area contributed by atoms with E-state index in [1.165, 1.54) is 0 Å². The van der Waals surface area contributed by atoms with E-state index in [0.29, 0.717) is 5.75 Å². The lowest BCUT2D eigenvalue weighted by atomic mass is 9.99. The SMILES string of the molecule is CCCN(CCC)C(=O)/C=C(\C)c1cc2c(-c3cccc(Br)c3)coc2cc1OC. The van der Waals surface area contributed by atoms with Crippen LogP contribution in [0, 0.1) is 0 Å². The molecule has 0 saturated heterocycles. The lowest BCUT2D eigenvalue weighted by molar-refractivity contribution is -0.126. The van der Waals surface area contributed by atoms with Crippen molar-refractivity contribution in [1.82, 2.24) is 4.90 Å². The van der Waals surface area contributed by atoms with Crippen molar-refractivity contribution < 1.29 is 13.9 Å². The summed E-state index contributed by atoms with van der Waals surface area (Å²) in [4.78, 5) is 14.7. The predicted octanol–water partition coefficient (Wildman–Crippen LogP) is 6.92. The van der Waals surface area contributed by atoms with Crippen LogP contribution in [0.4, 0.5) is 0 Å². The molecule has 1 amide bonds. The molecule has 158 valence electrons. The summed E-state index contributed by atoms with van der Waals surface area (Å²) in [5, 5.41) is 0.989. The number of ether oxygens (including phenoxy) is 1. The molecule has 0 bridgehead atoms. The Morgan fingerprint density at radius 3 is 2.53 bits per heavy atom. The molecule has 0 aliphatic carbocycles. The molecule has 2 aromatic carbocycles. The van der Waals surface area contributed by atoms with Crippen molar-refractivity contribution in [1.29, 1.82) is 0 Å². The average Bonchev–Trinajstić information content (AvgIpc) is 3.15. The van der Waals surface area contributed by atoms with Crippen molar-refractivity contribution in [3.63, 3.8) is 0 Å². The zero-order valence-electron chi connectivity index (χ0n) is 18.0. The normalized spacial score (nSPS) is 11.7. The van der Waals surface area contributed by atoms with Crippen LogP contribution in [0.2, 0.25) is 0 Å². The molecule has 4 nitrogen and oxygen atoms in total. The monoisotopic (exact) mass is 469 g/mol. The van der Waals surface area contributed by atoms with Crippen molar-refractivity contribution in [3.05, 3.63) is 58.8 Å². The smallest absolute Gasteiger partial charge is 0.246 e. The van der Waals surface area contributed by atoms with Crippen LogP contribution in [0.15, 0.2) is 57.6 Å². The summed E-state index contributed by atoms with van der Waals surface area (Å²) in [6, 6.07) is 12.1. The number of rotatable bonds is 8. The molecule has 0 radical (unpaired) electrons. The highest BCUT2D eigenvalue weighted by Gasteiger charge is 2.16. The van der Waals surface area contributed by atoms with E-state index in [0.717, 1.165) is 63.6 Å². The molecule has 1 aromatic heterocycles. The summed E-state index contributed by atoms with van der Waals surface area (Å²) in [7, 11) is 1.64. The molecule has 0 spiro atoms. The van der Waals surface area contributed by atoms with Crippen molar-refractivity contribution in [3.8, 4) is 16.9 Å². The van der Waals surface area contributed by atoms with E-state index >= 15 is 0 Å². The Hall–Kier alpha value is -2.53. The number of hydrogen-bond donors (Lipinski definition) is 0. The molecule has 0 aliphatic heterocycles. The fraction of sp³-hybridized carbons (Fsp3) is 0.320. The minimum Gasteiger partial charge on any atom is -0.496 e. The molecule has 3 aromatic rings. The molecule has 0 saturated carbocycles. The number of amides is 1. The second-order valence-corrected chi connectivity index (χ2v) is 8.28. The standard InChI is InChI=1S/C25H28BrNO3/c1-5-10-27(11-6-2)25(28)12-17(3)20-14-21-22(18-8-7-9-19(26)13-18)16-30-24(21)15-23(20)29-4/h7-9,12-16H,5-6,10-11H2,1-4H3/b17-12+. The Labute approximate surface area is 186 Å². The number of benzene rings is 2. The number of nitrogens with zero attached hydrogens (tertiary/aromatic N) is 1. The van der Waals surface area contributed by atoms with Crippen LogP contribution >= 0.6 is 15.9 Å². The van der Waals surface area contributed by atoms with Crippen molar-refractivity contribution in [2.45, 2.75) is 33.6 Å². The van der Waals surface area contributed by atoms with Crippen LogP contribution in [0.25, 0.3) is 27.7 Å². The van der Waals surface area contributed by atoms with E-state index in [-0.39, 0.29) is 5.91 Å². The summed E-state index contributed by atoms with van der Waals surface area (Å²) >= 11 is 3.54. The Bertz CT molecular complexity index is 1060. The average molecular weight is 470 g/mol. The first-order valence-electron chi connectivity index (χ1n) is 10.3. The molecule has 30 heavy (non-hydrogen) atoms. The number of hydrogen-bond acceptors (Lipinski definition) is 3. The number of carbonyl (C=O) groups is 1. The van der Waals surface area contributed by atoms with Crippen LogP contribution in [0.5, 0.6) is 5.75 Å². The Morgan fingerprint density at radius 1 is 1.17 bits per heavy atom. The van der Waals surface area contributed by atoms with Crippen LogP contribution in [-0.2, 0) is 4.79 Å². The zero-order valence-corrected chi connectivity index (χ0v) is 19.6. The third-order valence-corrected chi connectivity index (χ3v) is 5.59. The van der Waals surface area contributed by atoms with Gasteiger partial charge in [0.2, 0.25) is 5.91 Å². The number of fused-ring (bicyclic) bond motifs is 1. The van der Waals surface area contributed by atoms with Crippen LogP contribution in [-0.4, -0.2) is 31.0 Å². The largest absolute Gasteiger partial charge is 0.496 e. The molecular formula is C25H28BrNO3. The molecule has 1 heterocycles. The minimum absolute atomic E-state index is 0.0396. The van der Waals surface area contributed by atoms with Gasteiger partial charge >= 0.3 is 0 Å². The second-order valence-electron chi connectivity index (χ2n) is 7.36. The van der Waals surface area contributed by atoms with E-state index in [9.17, 15) is 4.79 Å². The quantitative estimate of drug-likeness (QED) is 0.336. The molecular weight excluding hydrogens is 442 g/mol. The number of halogens is 1. The number of methoxy groups -OCH3 is 1. The Balaban J connectivity index is 2.06. The van der Waals surface area contributed by atoms with Gasteiger partial charge in [-0.25, -0.2) is 0 Å². The summed E-state index contributed by atoms with van der Waals surface area (Å²) in [6.45, 7) is 7.66.